The zero-order chi connectivity index (χ0) is 15.2. The Labute approximate surface area is 151 Å². The van der Waals surface area contributed by atoms with Gasteiger partial charge in [-0.25, -0.2) is 0 Å². The van der Waals surface area contributed by atoms with E-state index in [2.05, 4.69) is 82.5 Å². The Bertz CT molecular complexity index is 1040. The average molecular weight is 375 g/mol. The molecule has 0 unspecified atom stereocenters. The van der Waals surface area contributed by atoms with E-state index in [0.717, 1.165) is 12.2 Å². The zero-order valence-corrected chi connectivity index (χ0v) is 14.6. The second-order valence-corrected chi connectivity index (χ2v) is 5.95. The lowest BCUT2D eigenvalue weighted by Crippen LogP contribution is -3.00. The van der Waals surface area contributed by atoms with Crippen LogP contribution in [0.25, 0.3) is 33.3 Å². The van der Waals surface area contributed by atoms with E-state index in [-0.39, 0.29) is 17.0 Å². The Morgan fingerprint density at radius 1 is 0.792 bits per heavy atom. The Hall–Kier alpha value is -2.52. The Kier molecular flexibility index (Phi) is 3.66. The van der Waals surface area contributed by atoms with E-state index in [1.54, 1.807) is 0 Å². The van der Waals surface area contributed by atoms with Crippen LogP contribution in [0.5, 0.6) is 0 Å². The highest BCUT2D eigenvalue weighted by Crippen LogP contribution is 2.43. The number of pyridine rings is 2. The van der Waals surface area contributed by atoms with E-state index in [9.17, 15) is 0 Å². The Balaban J connectivity index is 0.00000146. The normalized spacial score (nSPS) is 11.2. The molecule has 2 aromatic heterocycles. The maximum atomic E-state index is 4.65. The van der Waals surface area contributed by atoms with Crippen molar-refractivity contribution in [1.82, 2.24) is 4.98 Å². The maximum absolute atomic E-state index is 4.65. The standard InChI is InChI=1S/C21H15N2.BrH/c1-2-6-15(7-3-1)14-23-13-11-16-10-12-22-20-17-8-4-5-9-18(17)21(23)19(16)20;/h1-13H,14H2;1H/q+1;/p-1. The molecule has 2 nitrogen and oxygen atoms in total. The predicted octanol–water partition coefficient (Wildman–Crippen LogP) is 1.22. The SMILES string of the molecule is [Br-].c1ccc(C[n+]2ccc3ccnc4c3c2-c2ccccc2-4)cc1. The Morgan fingerprint density at radius 2 is 1.54 bits per heavy atom. The van der Waals surface area contributed by atoms with Crippen molar-refractivity contribution in [2.24, 2.45) is 0 Å². The second kappa shape index (κ2) is 5.84. The number of halogens is 1. The Morgan fingerprint density at radius 3 is 2.38 bits per heavy atom. The third kappa shape index (κ3) is 2.16. The average Bonchev–Trinajstić information content (AvgIpc) is 2.95. The number of benzene rings is 2. The van der Waals surface area contributed by atoms with Gasteiger partial charge < -0.3 is 17.0 Å². The van der Waals surface area contributed by atoms with Crippen molar-refractivity contribution in [1.29, 1.82) is 0 Å². The molecule has 3 heteroatoms. The number of rotatable bonds is 2. The monoisotopic (exact) mass is 374 g/mol. The van der Waals surface area contributed by atoms with Gasteiger partial charge in [0, 0.05) is 23.4 Å². The summed E-state index contributed by atoms with van der Waals surface area (Å²) in [6.07, 6.45) is 4.10. The lowest BCUT2D eigenvalue weighted by Gasteiger charge is -2.04. The van der Waals surface area contributed by atoms with E-state index in [0.29, 0.717) is 0 Å². The first-order chi connectivity index (χ1) is 11.4. The third-order valence-corrected chi connectivity index (χ3v) is 4.57. The summed E-state index contributed by atoms with van der Waals surface area (Å²) in [5.41, 5.74) is 6.22. The number of hydrogen-bond donors (Lipinski definition) is 0. The van der Waals surface area contributed by atoms with Gasteiger partial charge in [0.1, 0.15) is 0 Å². The second-order valence-electron chi connectivity index (χ2n) is 5.95. The molecule has 4 aromatic rings. The molecule has 1 aliphatic rings. The molecule has 5 rings (SSSR count). The minimum Gasteiger partial charge on any atom is -1.00 e. The predicted molar refractivity (Wildman–Crippen MR) is 91.9 cm³/mol. The first kappa shape index (κ1) is 15.0. The summed E-state index contributed by atoms with van der Waals surface area (Å²) in [5, 5.41) is 2.53. The van der Waals surface area contributed by atoms with Crippen molar-refractivity contribution < 1.29 is 21.5 Å². The van der Waals surface area contributed by atoms with Crippen molar-refractivity contribution in [3.05, 3.63) is 84.7 Å². The summed E-state index contributed by atoms with van der Waals surface area (Å²) in [6.45, 7) is 0.870. The molecule has 2 aromatic carbocycles. The molecule has 0 fully saturated rings. The summed E-state index contributed by atoms with van der Waals surface area (Å²) in [6, 6.07) is 23.5. The van der Waals surface area contributed by atoms with Gasteiger partial charge in [0.2, 0.25) is 5.69 Å². The molecule has 0 atom stereocenters. The number of hydrogen-bond acceptors (Lipinski definition) is 1. The molecule has 0 spiro atoms. The van der Waals surface area contributed by atoms with Crippen molar-refractivity contribution in [3.63, 3.8) is 0 Å². The molecule has 1 aliphatic carbocycles. The largest absolute Gasteiger partial charge is 1.00 e. The highest BCUT2D eigenvalue weighted by atomic mass is 79.9. The molecule has 0 bridgehead atoms. The first-order valence-corrected chi connectivity index (χ1v) is 7.87. The van der Waals surface area contributed by atoms with E-state index in [4.69, 9.17) is 0 Å². The fraction of sp³-hybridized carbons (Fsp3) is 0.0476. The van der Waals surface area contributed by atoms with Crippen LogP contribution in [-0.4, -0.2) is 4.98 Å². The topological polar surface area (TPSA) is 16.8 Å². The van der Waals surface area contributed by atoms with Crippen molar-refractivity contribution in [2.75, 3.05) is 0 Å². The minimum absolute atomic E-state index is 0. The van der Waals surface area contributed by atoms with Crippen LogP contribution in [0.2, 0.25) is 0 Å². The summed E-state index contributed by atoms with van der Waals surface area (Å²) >= 11 is 0. The van der Waals surface area contributed by atoms with Gasteiger partial charge >= 0.3 is 0 Å². The summed E-state index contributed by atoms with van der Waals surface area (Å²) < 4.78 is 2.34. The van der Waals surface area contributed by atoms with Gasteiger partial charge in [0.25, 0.3) is 0 Å². The van der Waals surface area contributed by atoms with Crippen LogP contribution >= 0.6 is 0 Å². The van der Waals surface area contributed by atoms with Crippen molar-refractivity contribution in [2.45, 2.75) is 6.54 Å². The fourth-order valence-electron chi connectivity index (χ4n) is 3.55. The highest BCUT2D eigenvalue weighted by molar-refractivity contribution is 6.11. The van der Waals surface area contributed by atoms with Gasteiger partial charge in [-0.1, -0.05) is 48.5 Å². The molecule has 0 saturated heterocycles. The van der Waals surface area contributed by atoms with E-state index in [1.807, 2.05) is 6.20 Å². The molecular weight excluding hydrogens is 360 g/mol. The van der Waals surface area contributed by atoms with Crippen LogP contribution in [0.1, 0.15) is 5.56 Å². The van der Waals surface area contributed by atoms with E-state index < -0.39 is 0 Å². The molecule has 0 radical (unpaired) electrons. The van der Waals surface area contributed by atoms with Crippen LogP contribution in [0.3, 0.4) is 0 Å². The molecule has 116 valence electrons. The summed E-state index contributed by atoms with van der Waals surface area (Å²) in [4.78, 5) is 4.65. The number of fused-ring (bicyclic) bond motifs is 3. The van der Waals surface area contributed by atoms with Gasteiger partial charge in [0.05, 0.1) is 16.6 Å². The summed E-state index contributed by atoms with van der Waals surface area (Å²) in [5.74, 6) is 0. The van der Waals surface area contributed by atoms with Gasteiger partial charge in [-0.15, -0.1) is 0 Å². The maximum Gasteiger partial charge on any atom is 0.223 e. The van der Waals surface area contributed by atoms with Crippen molar-refractivity contribution >= 4 is 10.8 Å². The van der Waals surface area contributed by atoms with Gasteiger partial charge in [-0.2, -0.15) is 4.57 Å². The van der Waals surface area contributed by atoms with Crippen LogP contribution < -0.4 is 21.5 Å². The van der Waals surface area contributed by atoms with E-state index >= 15 is 0 Å². The molecule has 0 saturated carbocycles. The van der Waals surface area contributed by atoms with Gasteiger partial charge in [-0.3, -0.25) is 4.98 Å². The number of nitrogens with zero attached hydrogens (tertiary/aromatic N) is 2. The molecular formula is C21H15BrN2. The molecule has 24 heavy (non-hydrogen) atoms. The number of aromatic nitrogens is 2. The molecule has 2 heterocycles. The highest BCUT2D eigenvalue weighted by Gasteiger charge is 2.30. The lowest BCUT2D eigenvalue weighted by atomic mass is 10.1. The van der Waals surface area contributed by atoms with Gasteiger partial charge in [0.15, 0.2) is 12.7 Å². The van der Waals surface area contributed by atoms with Crippen LogP contribution in [0.15, 0.2) is 79.1 Å². The lowest BCUT2D eigenvalue weighted by molar-refractivity contribution is -0.676. The van der Waals surface area contributed by atoms with Crippen molar-refractivity contribution in [3.8, 4) is 22.5 Å². The fourth-order valence-corrected chi connectivity index (χ4v) is 3.55. The van der Waals surface area contributed by atoms with E-state index in [1.165, 1.54) is 33.2 Å². The smallest absolute Gasteiger partial charge is 0.223 e. The zero-order valence-electron chi connectivity index (χ0n) is 13.0. The quantitative estimate of drug-likeness (QED) is 0.424. The summed E-state index contributed by atoms with van der Waals surface area (Å²) in [7, 11) is 0. The molecule has 0 amide bonds. The first-order valence-electron chi connectivity index (χ1n) is 7.87. The van der Waals surface area contributed by atoms with Gasteiger partial charge in [-0.05, 0) is 17.5 Å². The van der Waals surface area contributed by atoms with Crippen LogP contribution in [0.4, 0.5) is 0 Å². The minimum atomic E-state index is 0. The third-order valence-electron chi connectivity index (χ3n) is 4.57. The molecule has 0 aliphatic heterocycles. The molecule has 0 N–H and O–H groups in total. The van der Waals surface area contributed by atoms with Crippen LogP contribution in [0, 0.1) is 0 Å². The van der Waals surface area contributed by atoms with Crippen LogP contribution in [-0.2, 0) is 6.54 Å².